The highest BCUT2D eigenvalue weighted by atomic mass is 35.5. The lowest BCUT2D eigenvalue weighted by atomic mass is 10.2. The van der Waals surface area contributed by atoms with Gasteiger partial charge in [-0.3, -0.25) is 4.79 Å². The van der Waals surface area contributed by atoms with Crippen LogP contribution in [0.3, 0.4) is 0 Å². The third kappa shape index (κ3) is 4.77. The van der Waals surface area contributed by atoms with Crippen molar-refractivity contribution < 1.29 is 14.3 Å². The van der Waals surface area contributed by atoms with Gasteiger partial charge < -0.3 is 15.2 Å². The highest BCUT2D eigenvalue weighted by Crippen LogP contribution is 2.32. The van der Waals surface area contributed by atoms with Crippen molar-refractivity contribution in [1.82, 2.24) is 0 Å². The third-order valence-electron chi connectivity index (χ3n) is 2.86. The van der Waals surface area contributed by atoms with Gasteiger partial charge in [0.1, 0.15) is 0 Å². The second kappa shape index (κ2) is 7.67. The summed E-state index contributed by atoms with van der Waals surface area (Å²) in [5.41, 5.74) is 7.47. The van der Waals surface area contributed by atoms with Gasteiger partial charge in [0, 0.05) is 13.0 Å². The summed E-state index contributed by atoms with van der Waals surface area (Å²) in [5, 5.41) is -0.314. The molecule has 5 heteroatoms. The van der Waals surface area contributed by atoms with Gasteiger partial charge >= 0.3 is 0 Å². The molecule has 1 heterocycles. The number of rotatable bonds is 3. The Morgan fingerprint density at radius 3 is 2.43 bits per heavy atom. The molecule has 0 bridgehead atoms. The Hall–Kier alpha value is -2.04. The molecule has 0 radical (unpaired) electrons. The van der Waals surface area contributed by atoms with E-state index in [-0.39, 0.29) is 5.24 Å². The van der Waals surface area contributed by atoms with Crippen LogP contribution in [0.5, 0.6) is 11.5 Å². The number of carbonyl (C=O) groups excluding carboxylic acids is 1. The molecular formula is C16H16ClNO3. The molecule has 2 aromatic carbocycles. The molecule has 21 heavy (non-hydrogen) atoms. The highest BCUT2D eigenvalue weighted by molar-refractivity contribution is 6.63. The van der Waals surface area contributed by atoms with E-state index in [2.05, 4.69) is 0 Å². The van der Waals surface area contributed by atoms with Crippen molar-refractivity contribution in [1.29, 1.82) is 0 Å². The first-order valence-electron chi connectivity index (χ1n) is 6.50. The van der Waals surface area contributed by atoms with Gasteiger partial charge in [-0.05, 0) is 34.9 Å². The van der Waals surface area contributed by atoms with Crippen LogP contribution in [-0.4, -0.2) is 12.0 Å². The van der Waals surface area contributed by atoms with E-state index in [1.807, 2.05) is 48.5 Å². The zero-order chi connectivity index (χ0) is 15.1. The molecule has 2 aromatic rings. The third-order valence-corrected chi connectivity index (χ3v) is 2.99. The SMILES string of the molecule is NCc1ccc2c(c1)OCO2.O=C(Cl)Cc1ccccc1. The number of carbonyl (C=O) groups is 1. The molecular weight excluding hydrogens is 290 g/mol. The molecule has 0 atom stereocenters. The Balaban J connectivity index is 0.000000155. The van der Waals surface area contributed by atoms with Gasteiger partial charge in [-0.1, -0.05) is 36.4 Å². The Labute approximate surface area is 128 Å². The van der Waals surface area contributed by atoms with Gasteiger partial charge in [0.05, 0.1) is 0 Å². The van der Waals surface area contributed by atoms with Crippen molar-refractivity contribution in [3.8, 4) is 11.5 Å². The second-order valence-electron chi connectivity index (χ2n) is 4.41. The quantitative estimate of drug-likeness (QED) is 0.886. The molecule has 3 rings (SSSR count). The molecule has 110 valence electrons. The molecule has 0 fully saturated rings. The Bertz CT molecular complexity index is 602. The molecule has 0 aliphatic carbocycles. The maximum atomic E-state index is 10.4. The molecule has 0 aromatic heterocycles. The summed E-state index contributed by atoms with van der Waals surface area (Å²) in [6, 6.07) is 15.1. The highest BCUT2D eigenvalue weighted by Gasteiger charge is 2.12. The van der Waals surface area contributed by atoms with Crippen LogP contribution < -0.4 is 15.2 Å². The smallest absolute Gasteiger partial charge is 0.231 e. The van der Waals surface area contributed by atoms with E-state index in [0.717, 1.165) is 22.6 Å². The number of hydrogen-bond donors (Lipinski definition) is 1. The summed E-state index contributed by atoms with van der Waals surface area (Å²) in [6.07, 6.45) is 0.322. The first-order valence-corrected chi connectivity index (χ1v) is 6.87. The molecule has 0 unspecified atom stereocenters. The van der Waals surface area contributed by atoms with E-state index in [4.69, 9.17) is 26.8 Å². The van der Waals surface area contributed by atoms with Crippen LogP contribution in [0.25, 0.3) is 0 Å². The molecule has 0 saturated heterocycles. The van der Waals surface area contributed by atoms with E-state index >= 15 is 0 Å². The van der Waals surface area contributed by atoms with E-state index in [0.29, 0.717) is 19.8 Å². The average molecular weight is 306 g/mol. The largest absolute Gasteiger partial charge is 0.454 e. The average Bonchev–Trinajstić information content (AvgIpc) is 2.95. The molecule has 4 nitrogen and oxygen atoms in total. The summed E-state index contributed by atoms with van der Waals surface area (Å²) >= 11 is 5.17. The zero-order valence-electron chi connectivity index (χ0n) is 11.4. The minimum atomic E-state index is -0.314. The van der Waals surface area contributed by atoms with E-state index < -0.39 is 0 Å². The molecule has 0 saturated carbocycles. The van der Waals surface area contributed by atoms with Crippen LogP contribution in [0.1, 0.15) is 11.1 Å². The predicted octanol–water partition coefficient (Wildman–Crippen LogP) is 2.87. The summed E-state index contributed by atoms with van der Waals surface area (Å²) in [4.78, 5) is 10.4. The maximum absolute atomic E-state index is 10.4. The molecule has 1 aliphatic heterocycles. The molecule has 0 amide bonds. The Kier molecular flexibility index (Phi) is 5.60. The Morgan fingerprint density at radius 1 is 1.05 bits per heavy atom. The maximum Gasteiger partial charge on any atom is 0.231 e. The van der Waals surface area contributed by atoms with Gasteiger partial charge in [-0.2, -0.15) is 0 Å². The fourth-order valence-electron chi connectivity index (χ4n) is 1.82. The number of benzene rings is 2. The van der Waals surface area contributed by atoms with Crippen molar-refractivity contribution in [3.63, 3.8) is 0 Å². The number of nitrogens with two attached hydrogens (primary N) is 1. The first kappa shape index (κ1) is 15.4. The standard InChI is InChI=1S/C8H7ClO.C8H9NO2/c9-8(10)6-7-4-2-1-3-5-7;9-4-6-1-2-7-8(3-6)11-5-10-7/h1-5H,6H2;1-3H,4-5,9H2. The number of fused-ring (bicyclic) bond motifs is 1. The van der Waals surface area contributed by atoms with Crippen LogP contribution >= 0.6 is 11.6 Å². The van der Waals surface area contributed by atoms with Gasteiger partial charge in [0.2, 0.25) is 12.0 Å². The summed E-state index contributed by atoms with van der Waals surface area (Å²) in [7, 11) is 0. The van der Waals surface area contributed by atoms with E-state index in [1.165, 1.54) is 0 Å². The van der Waals surface area contributed by atoms with Gasteiger partial charge in [-0.15, -0.1) is 0 Å². The lowest BCUT2D eigenvalue weighted by Crippen LogP contribution is -1.95. The predicted molar refractivity (Wildman–Crippen MR) is 81.5 cm³/mol. The van der Waals surface area contributed by atoms with Gasteiger partial charge in [0.25, 0.3) is 0 Å². The van der Waals surface area contributed by atoms with Crippen LogP contribution in [-0.2, 0) is 17.8 Å². The van der Waals surface area contributed by atoms with Crippen molar-refractivity contribution in [3.05, 3.63) is 59.7 Å². The minimum Gasteiger partial charge on any atom is -0.454 e. The Morgan fingerprint density at radius 2 is 1.76 bits per heavy atom. The zero-order valence-corrected chi connectivity index (χ0v) is 12.2. The first-order chi connectivity index (χ1) is 10.2. The van der Waals surface area contributed by atoms with Crippen LogP contribution in [0.2, 0.25) is 0 Å². The fourth-order valence-corrected chi connectivity index (χ4v) is 1.98. The van der Waals surface area contributed by atoms with Crippen molar-refractivity contribution in [2.45, 2.75) is 13.0 Å². The van der Waals surface area contributed by atoms with Crippen molar-refractivity contribution in [2.24, 2.45) is 5.73 Å². The summed E-state index contributed by atoms with van der Waals surface area (Å²) < 4.78 is 10.3. The molecule has 2 N–H and O–H groups in total. The fraction of sp³-hybridized carbons (Fsp3) is 0.188. The number of halogens is 1. The molecule has 1 aliphatic rings. The second-order valence-corrected chi connectivity index (χ2v) is 4.83. The van der Waals surface area contributed by atoms with Crippen molar-refractivity contribution >= 4 is 16.8 Å². The normalized spacial score (nSPS) is 11.5. The van der Waals surface area contributed by atoms with Crippen LogP contribution in [0.4, 0.5) is 0 Å². The molecule has 0 spiro atoms. The van der Waals surface area contributed by atoms with E-state index in [1.54, 1.807) is 0 Å². The minimum absolute atomic E-state index is 0.314. The summed E-state index contributed by atoms with van der Waals surface area (Å²) in [5.74, 6) is 1.61. The van der Waals surface area contributed by atoms with Gasteiger partial charge in [-0.25, -0.2) is 0 Å². The summed E-state index contributed by atoms with van der Waals surface area (Å²) in [6.45, 7) is 0.861. The van der Waals surface area contributed by atoms with Crippen LogP contribution in [0, 0.1) is 0 Å². The van der Waals surface area contributed by atoms with Gasteiger partial charge in [0.15, 0.2) is 11.5 Å². The monoisotopic (exact) mass is 305 g/mol. The lowest BCUT2D eigenvalue weighted by Gasteiger charge is -1.97. The van der Waals surface area contributed by atoms with Crippen LogP contribution in [0.15, 0.2) is 48.5 Å². The van der Waals surface area contributed by atoms with E-state index in [9.17, 15) is 4.79 Å². The number of hydrogen-bond acceptors (Lipinski definition) is 4. The number of ether oxygens (including phenoxy) is 2. The van der Waals surface area contributed by atoms with Crippen molar-refractivity contribution in [2.75, 3.05) is 6.79 Å². The topological polar surface area (TPSA) is 61.6 Å². The lowest BCUT2D eigenvalue weighted by molar-refractivity contribution is -0.111.